The van der Waals surface area contributed by atoms with Gasteiger partial charge in [-0.05, 0) is 28.1 Å². The average Bonchev–Trinajstić information content (AvgIpc) is 2.55. The minimum absolute atomic E-state index is 0.0362. The van der Waals surface area contributed by atoms with Crippen LogP contribution in [0.4, 0.5) is 10.1 Å². The Morgan fingerprint density at radius 3 is 2.50 bits per heavy atom. The molecule has 2 N–H and O–H groups in total. The Morgan fingerprint density at radius 1 is 1.41 bits per heavy atom. The van der Waals surface area contributed by atoms with Crippen molar-refractivity contribution in [1.29, 1.82) is 0 Å². The Kier molecular flexibility index (Phi) is 5.41. The summed E-state index contributed by atoms with van der Waals surface area (Å²) in [6.07, 6.45) is 1.29. The van der Waals surface area contributed by atoms with E-state index in [0.29, 0.717) is 36.7 Å². The van der Waals surface area contributed by atoms with E-state index in [0.717, 1.165) is 0 Å². The van der Waals surface area contributed by atoms with E-state index in [1.807, 2.05) is 4.90 Å². The Bertz CT molecular complexity index is 647. The van der Waals surface area contributed by atoms with Gasteiger partial charge in [0.2, 0.25) is 5.91 Å². The number of thiocarbonyl (C=S) groups is 1. The van der Waals surface area contributed by atoms with Crippen LogP contribution in [-0.2, 0) is 4.79 Å². The molecule has 0 atom stereocenters. The number of benzene rings is 1. The number of piperazine rings is 1. The van der Waals surface area contributed by atoms with E-state index in [-0.39, 0.29) is 21.1 Å². The van der Waals surface area contributed by atoms with Gasteiger partial charge in [0, 0.05) is 31.7 Å². The molecular weight excluding hydrogens is 393 g/mol. The predicted octanol–water partition coefficient (Wildman–Crippen LogP) is 2.83. The van der Waals surface area contributed by atoms with Gasteiger partial charge in [-0.3, -0.25) is 4.79 Å². The van der Waals surface area contributed by atoms with Crippen molar-refractivity contribution in [2.45, 2.75) is 0 Å². The number of carbonyl (C=O) groups excluding carboxylic acids is 1. The summed E-state index contributed by atoms with van der Waals surface area (Å²) in [5.41, 5.74) is 6.16. The molecule has 1 saturated heterocycles. The molecule has 0 radical (unpaired) electrons. The second-order valence-electron chi connectivity index (χ2n) is 4.77. The predicted molar refractivity (Wildman–Crippen MR) is 93.6 cm³/mol. The zero-order valence-electron chi connectivity index (χ0n) is 11.6. The van der Waals surface area contributed by atoms with E-state index in [1.165, 1.54) is 6.08 Å². The minimum Gasteiger partial charge on any atom is -0.396 e. The molecule has 0 unspecified atom stereocenters. The highest BCUT2D eigenvalue weighted by Gasteiger charge is 2.24. The molecule has 22 heavy (non-hydrogen) atoms. The molecule has 1 aliphatic heterocycles. The van der Waals surface area contributed by atoms with Gasteiger partial charge in [-0.25, -0.2) is 4.39 Å². The molecule has 0 spiro atoms. The second kappa shape index (κ2) is 6.93. The van der Waals surface area contributed by atoms with Crippen molar-refractivity contribution in [3.8, 4) is 0 Å². The van der Waals surface area contributed by atoms with Crippen molar-refractivity contribution in [3.63, 3.8) is 0 Å². The fourth-order valence-electron chi connectivity index (χ4n) is 2.22. The van der Waals surface area contributed by atoms with Gasteiger partial charge in [0.15, 0.2) is 5.82 Å². The van der Waals surface area contributed by atoms with Gasteiger partial charge in [-0.1, -0.05) is 30.4 Å². The average molecular weight is 407 g/mol. The van der Waals surface area contributed by atoms with Crippen LogP contribution in [0.25, 0.3) is 0 Å². The van der Waals surface area contributed by atoms with Crippen molar-refractivity contribution < 1.29 is 9.18 Å². The molecule has 1 aromatic carbocycles. The van der Waals surface area contributed by atoms with E-state index in [2.05, 4.69) is 22.5 Å². The first kappa shape index (κ1) is 17.2. The fourth-order valence-corrected chi connectivity index (χ4v) is 3.09. The van der Waals surface area contributed by atoms with E-state index >= 15 is 0 Å². The molecule has 4 nitrogen and oxygen atoms in total. The van der Waals surface area contributed by atoms with Crippen LogP contribution < -0.4 is 5.73 Å². The Labute approximate surface area is 146 Å². The molecule has 1 aliphatic rings. The Balaban J connectivity index is 2.17. The maximum atomic E-state index is 14.0. The second-order valence-corrected chi connectivity index (χ2v) is 6.36. The third kappa shape index (κ3) is 3.26. The van der Waals surface area contributed by atoms with E-state index in [4.69, 9.17) is 29.6 Å². The highest BCUT2D eigenvalue weighted by Crippen LogP contribution is 2.33. The molecule has 1 fully saturated rings. The van der Waals surface area contributed by atoms with Crippen LogP contribution in [0.2, 0.25) is 5.02 Å². The third-order valence-electron chi connectivity index (χ3n) is 3.48. The molecule has 2 rings (SSSR count). The standard InChI is InChI=1S/C14H14BrClFN3OS/c1-2-10(21)19-3-5-20(6-4-19)14(22)8-7-9(16)11(15)12(17)13(8)18/h2,7H,1,3-6,18H2. The Morgan fingerprint density at radius 2 is 1.95 bits per heavy atom. The number of hydrogen-bond acceptors (Lipinski definition) is 3. The normalized spacial score (nSPS) is 14.9. The summed E-state index contributed by atoms with van der Waals surface area (Å²) in [6, 6.07) is 1.55. The van der Waals surface area contributed by atoms with E-state index < -0.39 is 5.82 Å². The summed E-state index contributed by atoms with van der Waals surface area (Å²) in [4.78, 5) is 15.6. The number of hydrogen-bond donors (Lipinski definition) is 1. The fraction of sp³-hybridized carbons (Fsp3) is 0.286. The zero-order valence-corrected chi connectivity index (χ0v) is 14.8. The van der Waals surface area contributed by atoms with Crippen LogP contribution in [0.3, 0.4) is 0 Å². The lowest BCUT2D eigenvalue weighted by molar-refractivity contribution is -0.127. The van der Waals surface area contributed by atoms with Gasteiger partial charge in [-0.2, -0.15) is 0 Å². The number of halogens is 3. The maximum absolute atomic E-state index is 14.0. The van der Waals surface area contributed by atoms with Crippen molar-refractivity contribution in [2.75, 3.05) is 31.9 Å². The molecule has 0 aromatic heterocycles. The first-order chi connectivity index (χ1) is 10.4. The van der Waals surface area contributed by atoms with Crippen LogP contribution in [0.5, 0.6) is 0 Å². The molecule has 1 aromatic rings. The molecule has 0 aliphatic carbocycles. The third-order valence-corrected chi connectivity index (χ3v) is 5.26. The van der Waals surface area contributed by atoms with Crippen molar-refractivity contribution in [2.24, 2.45) is 0 Å². The van der Waals surface area contributed by atoms with Gasteiger partial charge in [0.1, 0.15) is 4.99 Å². The number of rotatable bonds is 2. The number of nitrogens with zero attached hydrogens (tertiary/aromatic N) is 2. The molecule has 0 saturated carbocycles. The van der Waals surface area contributed by atoms with Crippen LogP contribution in [0.15, 0.2) is 23.2 Å². The maximum Gasteiger partial charge on any atom is 0.246 e. The largest absolute Gasteiger partial charge is 0.396 e. The van der Waals surface area contributed by atoms with Crippen molar-refractivity contribution in [3.05, 3.63) is 39.6 Å². The first-order valence-corrected chi connectivity index (χ1v) is 8.08. The summed E-state index contributed by atoms with van der Waals surface area (Å²) in [5.74, 6) is -0.729. The van der Waals surface area contributed by atoms with Gasteiger partial charge in [0.25, 0.3) is 0 Å². The first-order valence-electron chi connectivity index (χ1n) is 6.50. The van der Waals surface area contributed by atoms with Gasteiger partial charge < -0.3 is 15.5 Å². The number of amides is 1. The van der Waals surface area contributed by atoms with Crippen LogP contribution in [-0.4, -0.2) is 46.9 Å². The van der Waals surface area contributed by atoms with Crippen LogP contribution >= 0.6 is 39.7 Å². The van der Waals surface area contributed by atoms with Crippen LogP contribution in [0, 0.1) is 5.82 Å². The van der Waals surface area contributed by atoms with Crippen molar-refractivity contribution in [1.82, 2.24) is 9.80 Å². The summed E-state index contributed by atoms with van der Waals surface area (Å²) in [7, 11) is 0. The monoisotopic (exact) mass is 405 g/mol. The molecule has 1 amide bonds. The smallest absolute Gasteiger partial charge is 0.246 e. The van der Waals surface area contributed by atoms with E-state index in [1.54, 1.807) is 11.0 Å². The van der Waals surface area contributed by atoms with Crippen LogP contribution in [0.1, 0.15) is 5.56 Å². The number of carbonyl (C=O) groups is 1. The SMILES string of the molecule is C=CC(=O)N1CCN(C(=S)c2cc(Cl)c(Br)c(F)c2N)CC1. The highest BCUT2D eigenvalue weighted by atomic mass is 79.9. The lowest BCUT2D eigenvalue weighted by Crippen LogP contribution is -2.50. The van der Waals surface area contributed by atoms with E-state index in [9.17, 15) is 9.18 Å². The lowest BCUT2D eigenvalue weighted by Gasteiger charge is -2.36. The lowest BCUT2D eigenvalue weighted by atomic mass is 10.1. The molecule has 118 valence electrons. The number of anilines is 1. The molecule has 1 heterocycles. The summed E-state index contributed by atoms with van der Waals surface area (Å²) < 4.78 is 14.1. The quantitative estimate of drug-likeness (QED) is 0.355. The summed E-state index contributed by atoms with van der Waals surface area (Å²) >= 11 is 14.4. The zero-order chi connectivity index (χ0) is 16.4. The van der Waals surface area contributed by atoms with Gasteiger partial charge in [0.05, 0.1) is 15.2 Å². The number of nitrogen functional groups attached to an aromatic ring is 1. The molecule has 0 bridgehead atoms. The summed E-state index contributed by atoms with van der Waals surface area (Å²) in [5, 5.41) is 0.213. The minimum atomic E-state index is -0.620. The summed E-state index contributed by atoms with van der Waals surface area (Å²) in [6.45, 7) is 5.62. The van der Waals surface area contributed by atoms with Crippen molar-refractivity contribution >= 4 is 56.3 Å². The molecule has 8 heteroatoms. The number of nitrogens with two attached hydrogens (primary N) is 1. The van der Waals surface area contributed by atoms with Gasteiger partial charge >= 0.3 is 0 Å². The van der Waals surface area contributed by atoms with Gasteiger partial charge in [-0.15, -0.1) is 0 Å². The molecular formula is C14H14BrClFN3OS. The Hall–Kier alpha value is -1.18. The highest BCUT2D eigenvalue weighted by molar-refractivity contribution is 9.10. The topological polar surface area (TPSA) is 49.6 Å².